The maximum absolute atomic E-state index is 10.1. The molecular formula is C14H14O6Zn. The molecule has 0 heterocycles. The summed E-state index contributed by atoms with van der Waals surface area (Å²) in [5.74, 6) is -2.26. The largest absolute Gasteiger partial charge is 2.00 e. The zero-order valence-corrected chi connectivity index (χ0v) is 14.1. The second kappa shape index (κ2) is 12.9. The molecule has 7 heteroatoms. The number of carbonyl (C=O) groups excluding carboxylic acids is 2. The van der Waals surface area contributed by atoms with Gasteiger partial charge in [-0.3, -0.25) is 0 Å². The van der Waals surface area contributed by atoms with Gasteiger partial charge in [-0.1, -0.05) is 60.7 Å². The van der Waals surface area contributed by atoms with E-state index in [2.05, 4.69) is 0 Å². The fraction of sp³-hybridized carbons (Fsp3) is 0. The van der Waals surface area contributed by atoms with Gasteiger partial charge in [-0.05, 0) is 11.1 Å². The molecule has 0 spiro atoms. The van der Waals surface area contributed by atoms with E-state index >= 15 is 0 Å². The molecule has 0 saturated heterocycles. The summed E-state index contributed by atoms with van der Waals surface area (Å²) in [4.78, 5) is 20.2. The smallest absolute Gasteiger partial charge is 0.545 e. The van der Waals surface area contributed by atoms with Gasteiger partial charge in [-0.15, -0.1) is 0 Å². The Hall–Kier alpha value is -2.08. The third kappa shape index (κ3) is 9.46. The van der Waals surface area contributed by atoms with E-state index in [1.54, 1.807) is 36.4 Å². The zero-order valence-electron chi connectivity index (χ0n) is 11.1. The van der Waals surface area contributed by atoms with E-state index in [0.717, 1.165) is 0 Å². The van der Waals surface area contributed by atoms with Gasteiger partial charge in [0.25, 0.3) is 0 Å². The van der Waals surface area contributed by atoms with Crippen molar-refractivity contribution in [3.8, 4) is 0 Å². The van der Waals surface area contributed by atoms with E-state index < -0.39 is 11.9 Å². The van der Waals surface area contributed by atoms with Crippen LogP contribution in [-0.2, 0) is 19.5 Å². The Kier molecular flexibility index (Phi) is 14.8. The molecule has 0 fully saturated rings. The van der Waals surface area contributed by atoms with Crippen LogP contribution in [0.25, 0.3) is 0 Å². The van der Waals surface area contributed by atoms with Gasteiger partial charge >= 0.3 is 19.5 Å². The van der Waals surface area contributed by atoms with Gasteiger partial charge in [0.1, 0.15) is 0 Å². The number of aromatic carboxylic acids is 2. The molecule has 0 aromatic heterocycles. The number of benzene rings is 2. The predicted molar refractivity (Wildman–Crippen MR) is 68.8 cm³/mol. The Labute approximate surface area is 134 Å². The van der Waals surface area contributed by atoms with Crippen molar-refractivity contribution in [3.63, 3.8) is 0 Å². The Balaban J connectivity index is -0.000000270. The van der Waals surface area contributed by atoms with Gasteiger partial charge in [0.05, 0.1) is 11.9 Å². The van der Waals surface area contributed by atoms with Crippen LogP contribution in [-0.4, -0.2) is 22.9 Å². The van der Waals surface area contributed by atoms with Crippen LogP contribution in [0.3, 0.4) is 0 Å². The summed E-state index contributed by atoms with van der Waals surface area (Å²) >= 11 is 0. The summed E-state index contributed by atoms with van der Waals surface area (Å²) in [6, 6.07) is 16.1. The van der Waals surface area contributed by atoms with Gasteiger partial charge < -0.3 is 30.8 Å². The molecule has 108 valence electrons. The van der Waals surface area contributed by atoms with Crippen LogP contribution >= 0.6 is 0 Å². The Morgan fingerprint density at radius 3 is 1.00 bits per heavy atom. The van der Waals surface area contributed by atoms with E-state index in [1.165, 1.54) is 24.3 Å². The van der Waals surface area contributed by atoms with Crippen molar-refractivity contribution >= 4 is 11.9 Å². The summed E-state index contributed by atoms with van der Waals surface area (Å²) in [6.07, 6.45) is 0. The molecule has 0 aliphatic heterocycles. The minimum Gasteiger partial charge on any atom is -0.545 e. The predicted octanol–water partition coefficient (Wildman–Crippen LogP) is -1.55. The van der Waals surface area contributed by atoms with E-state index in [4.69, 9.17) is 0 Å². The molecule has 0 atom stereocenters. The monoisotopic (exact) mass is 342 g/mol. The average molecular weight is 344 g/mol. The molecule has 0 aliphatic rings. The minimum atomic E-state index is -1.13. The molecule has 21 heavy (non-hydrogen) atoms. The first-order chi connectivity index (χ1) is 8.61. The average Bonchev–Trinajstić information content (AvgIpc) is 2.41. The molecule has 0 saturated carbocycles. The van der Waals surface area contributed by atoms with Crippen LogP contribution in [0, 0.1) is 0 Å². The van der Waals surface area contributed by atoms with Crippen LogP contribution in [0.5, 0.6) is 0 Å². The Morgan fingerprint density at radius 1 is 0.619 bits per heavy atom. The number of hydrogen-bond donors (Lipinski definition) is 0. The second-order valence-electron chi connectivity index (χ2n) is 3.31. The van der Waals surface area contributed by atoms with Crippen LogP contribution in [0.1, 0.15) is 20.7 Å². The third-order valence-corrected chi connectivity index (χ3v) is 2.02. The fourth-order valence-corrected chi connectivity index (χ4v) is 1.15. The maximum atomic E-state index is 10.1. The summed E-state index contributed by atoms with van der Waals surface area (Å²) < 4.78 is 0. The molecule has 6 nitrogen and oxygen atoms in total. The van der Waals surface area contributed by atoms with Gasteiger partial charge in [0.2, 0.25) is 0 Å². The molecule has 0 aliphatic carbocycles. The summed E-state index contributed by atoms with van der Waals surface area (Å²) in [6.45, 7) is 0. The summed E-state index contributed by atoms with van der Waals surface area (Å²) in [5, 5.41) is 20.2. The van der Waals surface area contributed by atoms with E-state index in [-0.39, 0.29) is 41.6 Å². The molecule has 4 N–H and O–H groups in total. The summed E-state index contributed by atoms with van der Waals surface area (Å²) in [5.41, 5.74) is 0.440. The minimum absolute atomic E-state index is 0. The Bertz CT molecular complexity index is 466. The first kappa shape index (κ1) is 24.0. The van der Waals surface area contributed by atoms with Gasteiger partial charge in [0, 0.05) is 0 Å². The number of carbonyl (C=O) groups is 2. The summed E-state index contributed by atoms with van der Waals surface area (Å²) in [7, 11) is 0. The van der Waals surface area contributed by atoms with Gasteiger partial charge in [-0.2, -0.15) is 0 Å². The topological polar surface area (TPSA) is 143 Å². The van der Waals surface area contributed by atoms with Crippen molar-refractivity contribution < 1.29 is 50.2 Å². The standard InChI is InChI=1S/2C7H6O2.2H2O.Zn/c2*8-7(9)6-4-2-1-3-5-6;;;/h2*1-5H,(H,8,9);2*1H2;/q;;;;+2/p-2. The van der Waals surface area contributed by atoms with Crippen molar-refractivity contribution in [2.75, 3.05) is 0 Å². The second-order valence-corrected chi connectivity index (χ2v) is 3.31. The van der Waals surface area contributed by atoms with E-state index in [9.17, 15) is 19.8 Å². The molecule has 0 amide bonds. The first-order valence-electron chi connectivity index (χ1n) is 5.14. The number of carboxylic acid groups (broad SMARTS) is 2. The van der Waals surface area contributed by atoms with Crippen molar-refractivity contribution in [3.05, 3.63) is 71.8 Å². The normalized spacial score (nSPS) is 7.62. The van der Waals surface area contributed by atoms with Crippen molar-refractivity contribution in [1.29, 1.82) is 0 Å². The molecule has 0 unspecified atom stereocenters. The maximum Gasteiger partial charge on any atom is 2.00 e. The van der Waals surface area contributed by atoms with Crippen molar-refractivity contribution in [1.82, 2.24) is 0 Å². The molecule has 2 aromatic rings. The Morgan fingerprint density at radius 2 is 0.857 bits per heavy atom. The van der Waals surface area contributed by atoms with Crippen molar-refractivity contribution in [2.24, 2.45) is 0 Å². The molecule has 0 bridgehead atoms. The van der Waals surface area contributed by atoms with Crippen LogP contribution in [0.2, 0.25) is 0 Å². The first-order valence-corrected chi connectivity index (χ1v) is 5.14. The van der Waals surface area contributed by atoms with Gasteiger partial charge in [0.15, 0.2) is 0 Å². The fourth-order valence-electron chi connectivity index (χ4n) is 1.15. The number of hydrogen-bond acceptors (Lipinski definition) is 4. The quantitative estimate of drug-likeness (QED) is 0.608. The SMILES string of the molecule is O.O.O=C([O-])c1ccccc1.O=C([O-])c1ccccc1.[Zn+2]. The molecular weight excluding hydrogens is 330 g/mol. The molecule has 2 aromatic carbocycles. The number of rotatable bonds is 2. The van der Waals surface area contributed by atoms with Crippen LogP contribution in [0.15, 0.2) is 60.7 Å². The molecule has 2 rings (SSSR count). The zero-order chi connectivity index (χ0) is 13.4. The van der Waals surface area contributed by atoms with Crippen LogP contribution < -0.4 is 10.2 Å². The third-order valence-electron chi connectivity index (χ3n) is 2.02. The number of carboxylic acids is 2. The van der Waals surface area contributed by atoms with E-state index in [1.807, 2.05) is 0 Å². The molecule has 0 radical (unpaired) electrons. The van der Waals surface area contributed by atoms with E-state index in [0.29, 0.717) is 0 Å². The van der Waals surface area contributed by atoms with Gasteiger partial charge in [-0.25, -0.2) is 0 Å². The van der Waals surface area contributed by atoms with Crippen LogP contribution in [0.4, 0.5) is 0 Å². The van der Waals surface area contributed by atoms with Crippen molar-refractivity contribution in [2.45, 2.75) is 0 Å².